The van der Waals surface area contributed by atoms with Crippen LogP contribution in [0.5, 0.6) is 0 Å². The zero-order valence-corrected chi connectivity index (χ0v) is 16.2. The largest absolute Gasteiger partial charge is 0.464 e. The van der Waals surface area contributed by atoms with Crippen LogP contribution < -0.4 is 5.32 Å². The molecule has 1 fully saturated rings. The molecule has 1 aliphatic rings. The Kier molecular flexibility index (Phi) is 5.38. The van der Waals surface area contributed by atoms with E-state index in [1.165, 1.54) is 12.4 Å². The van der Waals surface area contributed by atoms with Gasteiger partial charge in [-0.2, -0.15) is 0 Å². The summed E-state index contributed by atoms with van der Waals surface area (Å²) in [5, 5.41) is 13.3. The van der Waals surface area contributed by atoms with Gasteiger partial charge in [0.2, 0.25) is 0 Å². The number of amides is 1. The zero-order valence-electron chi connectivity index (χ0n) is 14.6. The van der Waals surface area contributed by atoms with E-state index in [4.69, 9.17) is 9.47 Å². The summed E-state index contributed by atoms with van der Waals surface area (Å²) in [6.45, 7) is 6.98. The Morgan fingerprint density at radius 2 is 1.88 bits per heavy atom. The number of hydrogen-bond donors (Lipinski definition) is 2. The first-order valence-electron chi connectivity index (χ1n) is 7.88. The van der Waals surface area contributed by atoms with Gasteiger partial charge in [-0.15, -0.1) is 0 Å². The van der Waals surface area contributed by atoms with Crippen LogP contribution >= 0.6 is 15.9 Å². The molecule has 0 bridgehead atoms. The number of aliphatic hydroxyl groups is 1. The van der Waals surface area contributed by atoms with E-state index in [0.29, 0.717) is 4.47 Å². The van der Waals surface area contributed by atoms with E-state index in [2.05, 4.69) is 31.2 Å². The lowest BCUT2D eigenvalue weighted by atomic mass is 9.64. The van der Waals surface area contributed by atoms with Crippen molar-refractivity contribution in [1.82, 2.24) is 15.3 Å². The molecule has 8 nitrogen and oxygen atoms in total. The van der Waals surface area contributed by atoms with Gasteiger partial charge in [-0.1, -0.05) is 0 Å². The van der Waals surface area contributed by atoms with Gasteiger partial charge in [-0.05, 0) is 43.6 Å². The van der Waals surface area contributed by atoms with Crippen molar-refractivity contribution in [1.29, 1.82) is 0 Å². The van der Waals surface area contributed by atoms with E-state index in [-0.39, 0.29) is 25.3 Å². The van der Waals surface area contributed by atoms with Crippen LogP contribution in [0.15, 0.2) is 16.9 Å². The van der Waals surface area contributed by atoms with Crippen LogP contribution in [0.3, 0.4) is 0 Å². The number of esters is 1. The van der Waals surface area contributed by atoms with Crippen LogP contribution in [-0.4, -0.2) is 44.9 Å². The number of nitrogens with one attached hydrogen (secondary N) is 1. The first kappa shape index (κ1) is 19.6. The standard InChI is InChI=1S/C16H22BrN3O5/c1-5-24-12(21)15(20-13(22)25-14(2,3)4)8-16(23,9-15)11-18-6-10(17)7-19-11/h6-7,23H,5,8-9H2,1-4H3,(H,20,22). The zero-order chi connectivity index (χ0) is 18.9. The highest BCUT2D eigenvalue weighted by atomic mass is 79.9. The van der Waals surface area contributed by atoms with Crippen LogP contribution in [0.1, 0.15) is 46.4 Å². The summed E-state index contributed by atoms with van der Waals surface area (Å²) in [4.78, 5) is 32.6. The quantitative estimate of drug-likeness (QED) is 0.723. The van der Waals surface area contributed by atoms with E-state index in [1.54, 1.807) is 27.7 Å². The van der Waals surface area contributed by atoms with E-state index in [1.807, 2.05) is 0 Å². The molecule has 0 aromatic carbocycles. The maximum Gasteiger partial charge on any atom is 0.408 e. The molecule has 2 N–H and O–H groups in total. The molecular weight excluding hydrogens is 394 g/mol. The molecule has 1 aromatic rings. The molecular formula is C16H22BrN3O5. The number of aromatic nitrogens is 2. The van der Waals surface area contributed by atoms with Crippen molar-refractivity contribution in [2.75, 3.05) is 6.61 Å². The van der Waals surface area contributed by atoms with Crippen molar-refractivity contribution >= 4 is 28.0 Å². The molecule has 0 aliphatic heterocycles. The molecule has 1 amide bonds. The van der Waals surface area contributed by atoms with Crippen LogP contribution in [0.25, 0.3) is 0 Å². The second-order valence-corrected chi connectivity index (χ2v) is 7.96. The minimum absolute atomic E-state index is 0.0975. The smallest absolute Gasteiger partial charge is 0.408 e. The first-order chi connectivity index (χ1) is 11.5. The summed E-state index contributed by atoms with van der Waals surface area (Å²) >= 11 is 3.22. The summed E-state index contributed by atoms with van der Waals surface area (Å²) in [5.74, 6) is -0.441. The fraction of sp³-hybridized carbons (Fsp3) is 0.625. The highest BCUT2D eigenvalue weighted by molar-refractivity contribution is 9.10. The lowest BCUT2D eigenvalue weighted by Crippen LogP contribution is -2.69. The van der Waals surface area contributed by atoms with Gasteiger partial charge in [-0.3, -0.25) is 0 Å². The van der Waals surface area contributed by atoms with E-state index in [0.717, 1.165) is 0 Å². The number of hydrogen-bond acceptors (Lipinski definition) is 7. The van der Waals surface area contributed by atoms with Crippen molar-refractivity contribution in [3.8, 4) is 0 Å². The average Bonchev–Trinajstić information content (AvgIpc) is 2.44. The number of alkyl carbamates (subject to hydrolysis) is 1. The minimum atomic E-state index is -1.43. The van der Waals surface area contributed by atoms with Crippen LogP contribution in [0, 0.1) is 0 Å². The summed E-state index contributed by atoms with van der Waals surface area (Å²) in [6.07, 6.45) is 2.07. The SMILES string of the molecule is CCOC(=O)C1(NC(=O)OC(C)(C)C)CC(O)(c2ncc(Br)cn2)C1. The van der Waals surface area contributed by atoms with Gasteiger partial charge in [0, 0.05) is 25.2 Å². The Morgan fingerprint density at radius 3 is 2.36 bits per heavy atom. The van der Waals surface area contributed by atoms with Crippen LogP contribution in [-0.2, 0) is 19.9 Å². The molecule has 25 heavy (non-hydrogen) atoms. The Balaban J connectivity index is 2.18. The number of halogens is 1. The molecule has 0 saturated heterocycles. The lowest BCUT2D eigenvalue weighted by Gasteiger charge is -2.50. The summed E-state index contributed by atoms with van der Waals surface area (Å²) < 4.78 is 10.9. The van der Waals surface area contributed by atoms with Gasteiger partial charge in [0.25, 0.3) is 0 Å². The molecule has 1 heterocycles. The molecule has 1 saturated carbocycles. The number of ether oxygens (including phenoxy) is 2. The van der Waals surface area contributed by atoms with Gasteiger partial charge in [-0.25, -0.2) is 19.6 Å². The average molecular weight is 416 g/mol. The van der Waals surface area contributed by atoms with Gasteiger partial charge < -0.3 is 19.9 Å². The van der Waals surface area contributed by atoms with E-state index in [9.17, 15) is 14.7 Å². The van der Waals surface area contributed by atoms with Gasteiger partial charge in [0.05, 0.1) is 11.1 Å². The summed E-state index contributed by atoms with van der Waals surface area (Å²) in [5.41, 5.74) is -3.51. The van der Waals surface area contributed by atoms with Gasteiger partial charge in [0.1, 0.15) is 16.7 Å². The topological polar surface area (TPSA) is 111 Å². The second-order valence-electron chi connectivity index (χ2n) is 7.04. The summed E-state index contributed by atoms with van der Waals surface area (Å²) in [7, 11) is 0. The predicted octanol–water partition coefficient (Wildman–Crippen LogP) is 2.05. The predicted molar refractivity (Wildman–Crippen MR) is 91.6 cm³/mol. The van der Waals surface area contributed by atoms with Crippen LogP contribution in [0.4, 0.5) is 4.79 Å². The number of carbonyl (C=O) groups is 2. The normalized spacial score (nSPS) is 25.7. The highest BCUT2D eigenvalue weighted by Crippen LogP contribution is 2.48. The van der Waals surface area contributed by atoms with Crippen molar-refractivity contribution < 1.29 is 24.2 Å². The molecule has 138 valence electrons. The second kappa shape index (κ2) is 6.87. The molecule has 0 radical (unpaired) electrons. The number of nitrogens with zero attached hydrogens (tertiary/aromatic N) is 2. The maximum atomic E-state index is 12.4. The third-order valence-corrected chi connectivity index (χ3v) is 4.04. The number of carbonyl (C=O) groups excluding carboxylic acids is 2. The summed E-state index contributed by atoms with van der Waals surface area (Å²) in [6, 6.07) is 0. The fourth-order valence-electron chi connectivity index (χ4n) is 2.71. The Morgan fingerprint density at radius 1 is 1.32 bits per heavy atom. The molecule has 1 aliphatic carbocycles. The molecule has 9 heteroatoms. The van der Waals surface area contributed by atoms with Crippen molar-refractivity contribution in [3.05, 3.63) is 22.7 Å². The van der Waals surface area contributed by atoms with Gasteiger partial charge >= 0.3 is 12.1 Å². The first-order valence-corrected chi connectivity index (χ1v) is 8.68. The Bertz CT molecular complexity index is 651. The Hall–Kier alpha value is -1.74. The third kappa shape index (κ3) is 4.46. The minimum Gasteiger partial charge on any atom is -0.464 e. The monoisotopic (exact) mass is 415 g/mol. The molecule has 0 unspecified atom stereocenters. The van der Waals surface area contributed by atoms with Gasteiger partial charge in [0.15, 0.2) is 5.82 Å². The number of rotatable bonds is 4. The molecule has 2 rings (SSSR count). The highest BCUT2D eigenvalue weighted by Gasteiger charge is 2.62. The third-order valence-electron chi connectivity index (χ3n) is 3.63. The molecule has 0 spiro atoms. The fourth-order valence-corrected chi connectivity index (χ4v) is 2.91. The van der Waals surface area contributed by atoms with Crippen molar-refractivity contribution in [3.63, 3.8) is 0 Å². The van der Waals surface area contributed by atoms with E-state index < -0.39 is 28.8 Å². The van der Waals surface area contributed by atoms with E-state index >= 15 is 0 Å². The van der Waals surface area contributed by atoms with Crippen molar-refractivity contribution in [2.24, 2.45) is 0 Å². The lowest BCUT2D eigenvalue weighted by molar-refractivity contribution is -0.176. The maximum absolute atomic E-state index is 12.4. The Labute approximate surface area is 154 Å². The molecule has 1 aromatic heterocycles. The molecule has 0 atom stereocenters. The van der Waals surface area contributed by atoms with Crippen LogP contribution in [0.2, 0.25) is 0 Å². The van der Waals surface area contributed by atoms with Crippen molar-refractivity contribution in [2.45, 2.75) is 57.3 Å².